The van der Waals surface area contributed by atoms with Gasteiger partial charge in [0.05, 0.1) is 6.54 Å². The maximum absolute atomic E-state index is 12.6. The van der Waals surface area contributed by atoms with Gasteiger partial charge in [0.25, 0.3) is 0 Å². The van der Waals surface area contributed by atoms with Gasteiger partial charge < -0.3 is 15.3 Å². The average Bonchev–Trinajstić information content (AvgIpc) is 2.63. The second-order valence-corrected chi connectivity index (χ2v) is 7.60. The lowest BCUT2D eigenvalue weighted by molar-refractivity contribution is -0.136. The number of hydrogen-bond acceptors (Lipinski definition) is 5. The Hall–Kier alpha value is -0.920. The number of halogens is 2. The largest absolute Gasteiger partial charge is 0.396 e. The predicted octanol–water partition coefficient (Wildman–Crippen LogP) is 1.57. The number of nitrogens with one attached hydrogen (secondary N) is 1. The Balaban J connectivity index is 0.00000182. The van der Waals surface area contributed by atoms with Gasteiger partial charge in [0, 0.05) is 51.1 Å². The summed E-state index contributed by atoms with van der Waals surface area (Å²) in [6.07, 6.45) is 6.71. The third-order valence-electron chi connectivity index (χ3n) is 6.00. The van der Waals surface area contributed by atoms with Crippen LogP contribution in [0.15, 0.2) is 24.5 Å². The van der Waals surface area contributed by atoms with E-state index in [0.717, 1.165) is 52.0 Å². The fourth-order valence-electron chi connectivity index (χ4n) is 4.34. The molecule has 1 aromatic heterocycles. The lowest BCUT2D eigenvalue weighted by Gasteiger charge is -2.49. The molecule has 0 saturated carbocycles. The van der Waals surface area contributed by atoms with Crippen molar-refractivity contribution in [2.45, 2.75) is 25.8 Å². The Bertz CT molecular complexity index is 568. The smallest absolute Gasteiger partial charge is 0.236 e. The number of nitrogens with zero attached hydrogens (tertiary/aromatic N) is 3. The first-order valence-electron chi connectivity index (χ1n) is 9.30. The molecular formula is C19H32Cl2N4O2. The van der Waals surface area contributed by atoms with Crippen molar-refractivity contribution in [3.8, 4) is 0 Å². The number of amides is 1. The van der Waals surface area contributed by atoms with Gasteiger partial charge in [0.15, 0.2) is 0 Å². The number of aliphatic hydroxyl groups is 1. The zero-order valence-electron chi connectivity index (χ0n) is 16.0. The summed E-state index contributed by atoms with van der Waals surface area (Å²) in [7, 11) is 1.98. The molecule has 27 heavy (non-hydrogen) atoms. The number of hydrogen-bond donors (Lipinski definition) is 2. The van der Waals surface area contributed by atoms with Gasteiger partial charge in [-0.3, -0.25) is 14.7 Å². The summed E-state index contributed by atoms with van der Waals surface area (Å²) in [5, 5.41) is 13.1. The molecule has 2 fully saturated rings. The first-order chi connectivity index (χ1) is 12.1. The normalized spacial score (nSPS) is 21.4. The van der Waals surface area contributed by atoms with E-state index < -0.39 is 0 Å². The maximum atomic E-state index is 12.6. The van der Waals surface area contributed by atoms with E-state index in [1.165, 1.54) is 5.56 Å². The number of pyridine rings is 1. The van der Waals surface area contributed by atoms with Crippen molar-refractivity contribution in [1.29, 1.82) is 0 Å². The molecule has 1 atom stereocenters. The Morgan fingerprint density at radius 1 is 1.30 bits per heavy atom. The highest BCUT2D eigenvalue weighted by atomic mass is 35.5. The number of rotatable bonds is 5. The molecule has 6 nitrogen and oxygen atoms in total. The van der Waals surface area contributed by atoms with Gasteiger partial charge in [-0.1, -0.05) is 0 Å². The molecule has 1 amide bonds. The minimum atomic E-state index is 0. The van der Waals surface area contributed by atoms with E-state index in [-0.39, 0.29) is 42.7 Å². The highest BCUT2D eigenvalue weighted by molar-refractivity contribution is 5.85. The van der Waals surface area contributed by atoms with Crippen LogP contribution in [-0.4, -0.2) is 72.2 Å². The van der Waals surface area contributed by atoms with Gasteiger partial charge in [-0.25, -0.2) is 0 Å². The molecule has 2 aliphatic heterocycles. The van der Waals surface area contributed by atoms with Crippen molar-refractivity contribution < 1.29 is 9.90 Å². The van der Waals surface area contributed by atoms with Crippen LogP contribution in [0.5, 0.6) is 0 Å². The molecule has 3 rings (SSSR count). The SMILES string of the molecule is CN(CC(=O)N1CCC2(CCNCC2CO)CC1)Cc1ccncc1.Cl.Cl. The van der Waals surface area contributed by atoms with Crippen LogP contribution in [0.4, 0.5) is 0 Å². The second-order valence-electron chi connectivity index (χ2n) is 7.60. The molecule has 0 bridgehead atoms. The van der Waals surface area contributed by atoms with Crippen molar-refractivity contribution in [1.82, 2.24) is 20.1 Å². The first-order valence-corrected chi connectivity index (χ1v) is 9.30. The number of likely N-dealkylation sites (N-methyl/N-ethyl adjacent to an activating group) is 1. The number of carbonyl (C=O) groups excluding carboxylic acids is 1. The molecule has 0 aliphatic carbocycles. The minimum Gasteiger partial charge on any atom is -0.396 e. The number of piperidine rings is 2. The molecule has 3 heterocycles. The molecule has 2 saturated heterocycles. The molecule has 0 aromatic carbocycles. The molecular weight excluding hydrogens is 387 g/mol. The Labute approximate surface area is 174 Å². The zero-order valence-corrected chi connectivity index (χ0v) is 17.6. The van der Waals surface area contributed by atoms with Crippen molar-refractivity contribution in [3.63, 3.8) is 0 Å². The molecule has 1 unspecified atom stereocenters. The minimum absolute atomic E-state index is 0. The van der Waals surface area contributed by atoms with Crippen LogP contribution < -0.4 is 5.32 Å². The van der Waals surface area contributed by atoms with Crippen molar-refractivity contribution in [2.75, 3.05) is 46.4 Å². The van der Waals surface area contributed by atoms with Gasteiger partial charge >= 0.3 is 0 Å². The lowest BCUT2D eigenvalue weighted by Crippen LogP contribution is -2.54. The summed E-state index contributed by atoms with van der Waals surface area (Å²) >= 11 is 0. The first kappa shape index (κ1) is 24.1. The van der Waals surface area contributed by atoms with Gasteiger partial charge in [-0.05, 0) is 56.0 Å². The number of likely N-dealkylation sites (tertiary alicyclic amines) is 1. The highest BCUT2D eigenvalue weighted by Gasteiger charge is 2.43. The van der Waals surface area contributed by atoms with Gasteiger partial charge in [0.1, 0.15) is 0 Å². The summed E-state index contributed by atoms with van der Waals surface area (Å²) in [6.45, 7) is 5.01. The third kappa shape index (κ3) is 6.03. The van der Waals surface area contributed by atoms with Crippen LogP contribution in [-0.2, 0) is 11.3 Å². The maximum Gasteiger partial charge on any atom is 0.236 e. The lowest BCUT2D eigenvalue weighted by atomic mass is 9.65. The third-order valence-corrected chi connectivity index (χ3v) is 6.00. The summed E-state index contributed by atoms with van der Waals surface area (Å²) in [6, 6.07) is 3.97. The van der Waals surface area contributed by atoms with Crippen LogP contribution in [0.1, 0.15) is 24.8 Å². The zero-order chi connectivity index (χ0) is 17.7. The van der Waals surface area contributed by atoms with Crippen molar-refractivity contribution >= 4 is 30.7 Å². The summed E-state index contributed by atoms with van der Waals surface area (Å²) < 4.78 is 0. The van der Waals surface area contributed by atoms with Crippen LogP contribution in [0.2, 0.25) is 0 Å². The highest BCUT2D eigenvalue weighted by Crippen LogP contribution is 2.43. The van der Waals surface area contributed by atoms with Crippen molar-refractivity contribution in [2.24, 2.45) is 11.3 Å². The number of aromatic nitrogens is 1. The van der Waals surface area contributed by atoms with Crippen LogP contribution in [0, 0.1) is 11.3 Å². The molecule has 8 heteroatoms. The fourth-order valence-corrected chi connectivity index (χ4v) is 4.34. The topological polar surface area (TPSA) is 68.7 Å². The Kier molecular flexibility index (Phi) is 9.98. The molecule has 154 valence electrons. The summed E-state index contributed by atoms with van der Waals surface area (Å²) in [4.78, 5) is 20.7. The summed E-state index contributed by atoms with van der Waals surface area (Å²) in [5.74, 6) is 0.536. The Morgan fingerprint density at radius 2 is 1.96 bits per heavy atom. The van der Waals surface area contributed by atoms with Gasteiger partial charge in [-0.2, -0.15) is 0 Å². The quantitative estimate of drug-likeness (QED) is 0.759. The van der Waals surface area contributed by atoms with E-state index in [1.54, 1.807) is 12.4 Å². The monoisotopic (exact) mass is 418 g/mol. The van der Waals surface area contributed by atoms with E-state index in [0.29, 0.717) is 12.5 Å². The second kappa shape index (κ2) is 11.2. The Morgan fingerprint density at radius 3 is 2.59 bits per heavy atom. The fraction of sp³-hybridized carbons (Fsp3) is 0.684. The van der Waals surface area contributed by atoms with Crippen LogP contribution in [0.3, 0.4) is 0 Å². The molecule has 2 aliphatic rings. The van der Waals surface area contributed by atoms with Crippen LogP contribution in [0.25, 0.3) is 0 Å². The van der Waals surface area contributed by atoms with Gasteiger partial charge in [-0.15, -0.1) is 24.8 Å². The van der Waals surface area contributed by atoms with Crippen LogP contribution >= 0.6 is 24.8 Å². The number of carbonyl (C=O) groups is 1. The molecule has 2 N–H and O–H groups in total. The molecule has 1 spiro atoms. The van der Waals surface area contributed by atoms with Crippen molar-refractivity contribution in [3.05, 3.63) is 30.1 Å². The molecule has 1 aromatic rings. The average molecular weight is 419 g/mol. The van der Waals surface area contributed by atoms with E-state index in [1.807, 2.05) is 24.1 Å². The molecule has 0 radical (unpaired) electrons. The predicted molar refractivity (Wildman–Crippen MR) is 111 cm³/mol. The van der Waals surface area contributed by atoms with E-state index in [4.69, 9.17) is 0 Å². The summed E-state index contributed by atoms with van der Waals surface area (Å²) in [5.41, 5.74) is 1.39. The van der Waals surface area contributed by atoms with E-state index >= 15 is 0 Å². The standard InChI is InChI=1S/C19H30N4O2.2ClH/c1-22(13-16-2-7-20-8-3-16)14-18(25)23-10-5-19(6-11-23)4-9-21-12-17(19)15-24;;/h2-3,7-8,17,21,24H,4-6,9-15H2,1H3;2*1H. The van der Waals surface area contributed by atoms with E-state index in [9.17, 15) is 9.90 Å². The van der Waals surface area contributed by atoms with Gasteiger partial charge in [0.2, 0.25) is 5.91 Å². The van der Waals surface area contributed by atoms with E-state index in [2.05, 4.69) is 15.2 Å². The number of aliphatic hydroxyl groups excluding tert-OH is 1.